The van der Waals surface area contributed by atoms with Crippen LogP contribution in [0.25, 0.3) is 0 Å². The van der Waals surface area contributed by atoms with Gasteiger partial charge in [0.05, 0.1) is 23.3 Å². The van der Waals surface area contributed by atoms with E-state index < -0.39 is 0 Å². The van der Waals surface area contributed by atoms with Gasteiger partial charge in [-0.3, -0.25) is 0 Å². The molecule has 2 aromatic rings. The second-order valence-electron chi connectivity index (χ2n) is 4.19. The van der Waals surface area contributed by atoms with E-state index >= 15 is 0 Å². The number of rotatable bonds is 2. The highest BCUT2D eigenvalue weighted by Gasteiger charge is 2.13. The summed E-state index contributed by atoms with van der Waals surface area (Å²) in [5.41, 5.74) is 3.26. The zero-order chi connectivity index (χ0) is 13.4. The first-order chi connectivity index (χ1) is 9.13. The topological polar surface area (TPSA) is 34.1 Å². The standard InChI is InChI=1S/C13H9Cl3N2O/c14-10-4-11(15)13(18-12(10)16)17-9-2-1-7-5-19-6-8(7)3-9/h1-4H,5-6H2,(H,17,18). The zero-order valence-corrected chi connectivity index (χ0v) is 12.0. The number of fused-ring (bicyclic) bond motifs is 1. The van der Waals surface area contributed by atoms with Crippen molar-refractivity contribution in [2.75, 3.05) is 5.32 Å². The summed E-state index contributed by atoms with van der Waals surface area (Å²) in [5, 5.41) is 4.10. The molecule has 0 spiro atoms. The molecule has 1 aliphatic rings. The first-order valence-electron chi connectivity index (χ1n) is 5.61. The molecule has 1 aliphatic heterocycles. The van der Waals surface area contributed by atoms with Crippen molar-refractivity contribution in [3.8, 4) is 0 Å². The van der Waals surface area contributed by atoms with Crippen molar-refractivity contribution >= 4 is 46.3 Å². The van der Waals surface area contributed by atoms with E-state index in [2.05, 4.69) is 10.3 Å². The summed E-state index contributed by atoms with van der Waals surface area (Å²) in [6.45, 7) is 1.30. The van der Waals surface area contributed by atoms with Crippen molar-refractivity contribution in [3.05, 3.63) is 50.6 Å². The van der Waals surface area contributed by atoms with Crippen LogP contribution in [0.15, 0.2) is 24.3 Å². The number of nitrogens with zero attached hydrogens (tertiary/aromatic N) is 1. The molecule has 0 aliphatic carbocycles. The summed E-state index contributed by atoms with van der Waals surface area (Å²) >= 11 is 17.8. The van der Waals surface area contributed by atoms with Crippen molar-refractivity contribution in [1.82, 2.24) is 4.98 Å². The molecule has 0 amide bonds. The highest BCUT2D eigenvalue weighted by atomic mass is 35.5. The van der Waals surface area contributed by atoms with Crippen LogP contribution in [0.5, 0.6) is 0 Å². The van der Waals surface area contributed by atoms with E-state index in [0.29, 0.717) is 29.1 Å². The Morgan fingerprint density at radius 1 is 1.00 bits per heavy atom. The van der Waals surface area contributed by atoms with Gasteiger partial charge in [-0.15, -0.1) is 0 Å². The maximum atomic E-state index is 6.08. The Balaban J connectivity index is 1.91. The minimum Gasteiger partial charge on any atom is -0.372 e. The normalized spacial score (nSPS) is 13.4. The van der Waals surface area contributed by atoms with Gasteiger partial charge in [0.15, 0.2) is 5.82 Å². The van der Waals surface area contributed by atoms with Gasteiger partial charge in [-0.25, -0.2) is 4.98 Å². The molecule has 98 valence electrons. The number of hydrogen-bond acceptors (Lipinski definition) is 3. The first-order valence-corrected chi connectivity index (χ1v) is 6.75. The van der Waals surface area contributed by atoms with E-state index in [0.717, 1.165) is 5.69 Å². The van der Waals surface area contributed by atoms with Crippen LogP contribution in [0, 0.1) is 0 Å². The summed E-state index contributed by atoms with van der Waals surface area (Å²) in [4.78, 5) is 4.12. The Morgan fingerprint density at radius 3 is 2.63 bits per heavy atom. The lowest BCUT2D eigenvalue weighted by Gasteiger charge is -2.09. The van der Waals surface area contributed by atoms with Crippen molar-refractivity contribution < 1.29 is 4.74 Å². The van der Waals surface area contributed by atoms with Gasteiger partial charge in [-0.1, -0.05) is 40.9 Å². The minimum atomic E-state index is 0.220. The number of halogens is 3. The van der Waals surface area contributed by atoms with Crippen molar-refractivity contribution in [3.63, 3.8) is 0 Å². The molecule has 0 saturated carbocycles. The Labute approximate surface area is 125 Å². The van der Waals surface area contributed by atoms with Crippen LogP contribution in [0.2, 0.25) is 15.2 Å². The van der Waals surface area contributed by atoms with Gasteiger partial charge in [0.1, 0.15) is 5.15 Å². The van der Waals surface area contributed by atoms with E-state index in [-0.39, 0.29) is 5.15 Å². The lowest BCUT2D eigenvalue weighted by atomic mass is 10.1. The third kappa shape index (κ3) is 2.65. The Hall–Kier alpha value is -1.00. The van der Waals surface area contributed by atoms with E-state index in [1.54, 1.807) is 6.07 Å². The lowest BCUT2D eigenvalue weighted by molar-refractivity contribution is 0.134. The SMILES string of the molecule is Clc1cc(Cl)c(Nc2ccc3c(c2)COC3)nc1Cl. The van der Waals surface area contributed by atoms with Crippen LogP contribution >= 0.6 is 34.8 Å². The third-order valence-electron chi connectivity index (χ3n) is 2.87. The number of nitrogens with one attached hydrogen (secondary N) is 1. The molecule has 3 nitrogen and oxygen atoms in total. The van der Waals surface area contributed by atoms with Crippen molar-refractivity contribution in [2.45, 2.75) is 13.2 Å². The molecule has 0 radical (unpaired) electrons. The smallest absolute Gasteiger partial charge is 0.151 e. The number of aromatic nitrogens is 1. The van der Waals surface area contributed by atoms with Gasteiger partial charge in [0, 0.05) is 5.69 Å². The van der Waals surface area contributed by atoms with Crippen molar-refractivity contribution in [1.29, 1.82) is 0 Å². The molecular formula is C13H9Cl3N2O. The number of pyridine rings is 1. The predicted molar refractivity (Wildman–Crippen MR) is 77.5 cm³/mol. The number of benzene rings is 1. The highest BCUT2D eigenvalue weighted by Crippen LogP contribution is 2.31. The fourth-order valence-electron chi connectivity index (χ4n) is 1.92. The molecule has 0 fully saturated rings. The third-order valence-corrected chi connectivity index (χ3v) is 3.83. The van der Waals surface area contributed by atoms with Crippen LogP contribution in [0.3, 0.4) is 0 Å². The van der Waals surface area contributed by atoms with Crippen LogP contribution in [-0.2, 0) is 18.0 Å². The largest absolute Gasteiger partial charge is 0.372 e. The van der Waals surface area contributed by atoms with E-state index in [1.165, 1.54) is 11.1 Å². The average Bonchev–Trinajstić information content (AvgIpc) is 2.83. The molecule has 1 N–H and O–H groups in total. The van der Waals surface area contributed by atoms with Crippen molar-refractivity contribution in [2.24, 2.45) is 0 Å². The fraction of sp³-hybridized carbons (Fsp3) is 0.154. The lowest BCUT2D eigenvalue weighted by Crippen LogP contribution is -1.96. The fourth-order valence-corrected chi connectivity index (χ4v) is 2.46. The quantitative estimate of drug-likeness (QED) is 0.807. The van der Waals surface area contributed by atoms with E-state index in [1.807, 2.05) is 18.2 Å². The summed E-state index contributed by atoms with van der Waals surface area (Å²) < 4.78 is 5.37. The predicted octanol–water partition coefficient (Wildman–Crippen LogP) is 4.82. The summed E-state index contributed by atoms with van der Waals surface area (Å²) in [7, 11) is 0. The molecule has 1 aromatic heterocycles. The summed E-state index contributed by atoms with van der Waals surface area (Å²) in [6.07, 6.45) is 0. The molecule has 0 atom stereocenters. The van der Waals surface area contributed by atoms with Crippen LogP contribution in [0.1, 0.15) is 11.1 Å². The molecular weight excluding hydrogens is 307 g/mol. The maximum absolute atomic E-state index is 6.08. The van der Waals surface area contributed by atoms with Gasteiger partial charge in [0.25, 0.3) is 0 Å². The molecule has 2 heterocycles. The van der Waals surface area contributed by atoms with E-state index in [4.69, 9.17) is 39.5 Å². The van der Waals surface area contributed by atoms with Gasteiger partial charge in [0.2, 0.25) is 0 Å². The van der Waals surface area contributed by atoms with Gasteiger partial charge in [-0.05, 0) is 29.3 Å². The second kappa shape index (κ2) is 5.17. The Morgan fingerprint density at radius 2 is 1.79 bits per heavy atom. The zero-order valence-electron chi connectivity index (χ0n) is 9.71. The van der Waals surface area contributed by atoms with E-state index in [9.17, 15) is 0 Å². The monoisotopic (exact) mass is 314 g/mol. The number of hydrogen-bond donors (Lipinski definition) is 1. The second-order valence-corrected chi connectivity index (χ2v) is 5.37. The summed E-state index contributed by atoms with van der Waals surface area (Å²) in [6, 6.07) is 7.56. The molecule has 0 saturated heterocycles. The van der Waals surface area contributed by atoms with Gasteiger partial charge in [-0.2, -0.15) is 0 Å². The Kier molecular flexibility index (Phi) is 3.54. The minimum absolute atomic E-state index is 0.220. The van der Waals surface area contributed by atoms with Crippen LogP contribution in [-0.4, -0.2) is 4.98 Å². The molecule has 6 heteroatoms. The number of anilines is 2. The molecule has 19 heavy (non-hydrogen) atoms. The van der Waals surface area contributed by atoms with Gasteiger partial charge < -0.3 is 10.1 Å². The van der Waals surface area contributed by atoms with Crippen LogP contribution in [0.4, 0.5) is 11.5 Å². The average molecular weight is 316 g/mol. The maximum Gasteiger partial charge on any atom is 0.151 e. The number of ether oxygens (including phenoxy) is 1. The molecule has 0 bridgehead atoms. The molecule has 1 aromatic carbocycles. The molecule has 0 unspecified atom stereocenters. The highest BCUT2D eigenvalue weighted by molar-refractivity contribution is 6.43. The van der Waals surface area contributed by atoms with Gasteiger partial charge >= 0.3 is 0 Å². The molecule has 3 rings (SSSR count). The van der Waals surface area contributed by atoms with Crippen LogP contribution < -0.4 is 5.32 Å². The summed E-state index contributed by atoms with van der Waals surface area (Å²) in [5.74, 6) is 0.481. The first kappa shape index (κ1) is 13.0. The Bertz CT molecular complexity index is 646.